The van der Waals surface area contributed by atoms with Crippen molar-refractivity contribution in [2.45, 2.75) is 18.2 Å². The number of H-pyrrole nitrogens is 1. The van der Waals surface area contributed by atoms with Gasteiger partial charge in [-0.2, -0.15) is 0 Å². The molecule has 2 N–H and O–H groups in total. The van der Waals surface area contributed by atoms with Crippen LogP contribution in [-0.2, 0) is 26.5 Å². The first-order valence-corrected chi connectivity index (χ1v) is 9.64. The Morgan fingerprint density at radius 2 is 1.81 bits per heavy atom. The molecule has 3 aromatic rings. The lowest BCUT2D eigenvalue weighted by atomic mass is 9.90. The minimum absolute atomic E-state index is 0.188. The first-order valence-electron chi connectivity index (χ1n) is 8.85. The number of fused-ring (bicyclic) bond motifs is 3. The minimum Gasteiger partial charge on any atom is -0.356 e. The van der Waals surface area contributed by atoms with Crippen molar-refractivity contribution in [1.82, 2.24) is 10.3 Å². The quantitative estimate of drug-likeness (QED) is 0.606. The molecule has 2 aromatic carbocycles. The van der Waals surface area contributed by atoms with E-state index in [1.54, 1.807) is 0 Å². The van der Waals surface area contributed by atoms with Crippen LogP contribution in [0.5, 0.6) is 0 Å². The Morgan fingerprint density at radius 1 is 1.11 bits per heavy atom. The number of hydrogen-bond acceptors (Lipinski definition) is 4. The molecule has 0 saturated carbocycles. The second kappa shape index (κ2) is 7.20. The van der Waals surface area contributed by atoms with Crippen LogP contribution in [0.3, 0.4) is 0 Å². The Labute approximate surface area is 166 Å². The van der Waals surface area contributed by atoms with Gasteiger partial charge in [-0.05, 0) is 24.1 Å². The molecule has 2 heterocycles. The van der Waals surface area contributed by atoms with Crippen molar-refractivity contribution in [2.24, 2.45) is 0 Å². The molecular formula is C21H21BrN2O3. The minimum atomic E-state index is -1.51. The summed E-state index contributed by atoms with van der Waals surface area (Å²) >= 11 is 3.53. The Hall–Kier alpha value is -1.99. The summed E-state index contributed by atoms with van der Waals surface area (Å²) in [4.78, 5) is 17.1. The topological polar surface area (TPSA) is 63.4 Å². The van der Waals surface area contributed by atoms with E-state index >= 15 is 0 Å². The maximum absolute atomic E-state index is 13.7. The number of ether oxygens (including phenoxy) is 2. The number of ketones is 1. The van der Waals surface area contributed by atoms with Crippen molar-refractivity contribution in [3.63, 3.8) is 0 Å². The molecule has 1 aliphatic rings. The SMILES string of the molecule is COC(OC)(C(=O)C1NCCc2c1[nH]c1ccccc21)c1ccccc1Br. The molecule has 0 fully saturated rings. The number of methoxy groups -OCH3 is 2. The number of aromatic nitrogens is 1. The van der Waals surface area contributed by atoms with Crippen LogP contribution in [0.4, 0.5) is 0 Å². The first-order chi connectivity index (χ1) is 13.1. The molecule has 5 nitrogen and oxygen atoms in total. The lowest BCUT2D eigenvalue weighted by Crippen LogP contribution is -2.48. The molecule has 0 radical (unpaired) electrons. The number of rotatable bonds is 5. The van der Waals surface area contributed by atoms with E-state index < -0.39 is 11.8 Å². The molecule has 4 rings (SSSR count). The molecule has 0 bridgehead atoms. The van der Waals surface area contributed by atoms with Gasteiger partial charge in [-0.25, -0.2) is 0 Å². The van der Waals surface area contributed by atoms with Crippen molar-refractivity contribution in [3.8, 4) is 0 Å². The summed E-state index contributed by atoms with van der Waals surface area (Å²) in [6.45, 7) is 0.713. The normalized spacial score (nSPS) is 17.1. The Bertz CT molecular complexity index is 994. The summed E-state index contributed by atoms with van der Waals surface area (Å²) in [6.07, 6.45) is 0.866. The number of benzene rings is 2. The zero-order valence-electron chi connectivity index (χ0n) is 15.2. The fourth-order valence-corrected chi connectivity index (χ4v) is 4.51. The van der Waals surface area contributed by atoms with Crippen LogP contribution in [0.1, 0.15) is 22.9 Å². The monoisotopic (exact) mass is 428 g/mol. The zero-order valence-corrected chi connectivity index (χ0v) is 16.8. The van der Waals surface area contributed by atoms with Crippen molar-refractivity contribution in [3.05, 3.63) is 69.8 Å². The van der Waals surface area contributed by atoms with Crippen molar-refractivity contribution >= 4 is 32.6 Å². The lowest BCUT2D eigenvalue weighted by Gasteiger charge is -2.35. The van der Waals surface area contributed by atoms with E-state index in [9.17, 15) is 4.79 Å². The van der Waals surface area contributed by atoms with E-state index in [4.69, 9.17) is 9.47 Å². The molecule has 0 saturated heterocycles. The summed E-state index contributed by atoms with van der Waals surface area (Å²) in [5.74, 6) is -1.70. The lowest BCUT2D eigenvalue weighted by molar-refractivity contribution is -0.216. The van der Waals surface area contributed by atoms with Gasteiger partial charge >= 0.3 is 0 Å². The first kappa shape index (κ1) is 18.4. The predicted molar refractivity (Wildman–Crippen MR) is 108 cm³/mol. The summed E-state index contributed by atoms with van der Waals surface area (Å²) < 4.78 is 12.2. The molecule has 140 valence electrons. The molecule has 6 heteroatoms. The Morgan fingerprint density at radius 3 is 2.56 bits per heavy atom. The van der Waals surface area contributed by atoms with Gasteiger partial charge in [0.25, 0.3) is 5.79 Å². The van der Waals surface area contributed by atoms with E-state index in [2.05, 4.69) is 32.3 Å². The van der Waals surface area contributed by atoms with E-state index in [0.29, 0.717) is 12.1 Å². The van der Waals surface area contributed by atoms with Gasteiger partial charge in [0.1, 0.15) is 6.04 Å². The third-order valence-electron chi connectivity index (χ3n) is 5.25. The fraction of sp³-hybridized carbons (Fsp3) is 0.286. The number of Topliss-reactive ketones (excluding diaryl/α,β-unsaturated/α-hetero) is 1. The van der Waals surface area contributed by atoms with Crippen LogP contribution < -0.4 is 5.32 Å². The summed E-state index contributed by atoms with van der Waals surface area (Å²) in [6, 6.07) is 15.0. The average molecular weight is 429 g/mol. The molecule has 0 spiro atoms. The highest BCUT2D eigenvalue weighted by Crippen LogP contribution is 2.39. The van der Waals surface area contributed by atoms with Crippen molar-refractivity contribution < 1.29 is 14.3 Å². The number of aromatic amines is 1. The zero-order chi connectivity index (χ0) is 19.0. The van der Waals surface area contributed by atoms with Crippen LogP contribution in [0.15, 0.2) is 53.0 Å². The second-order valence-electron chi connectivity index (χ2n) is 6.57. The molecule has 0 amide bonds. The van der Waals surface area contributed by atoms with E-state index in [1.807, 2.05) is 42.5 Å². The van der Waals surface area contributed by atoms with E-state index in [0.717, 1.165) is 27.5 Å². The van der Waals surface area contributed by atoms with Gasteiger partial charge in [0.15, 0.2) is 0 Å². The largest absolute Gasteiger partial charge is 0.356 e. The van der Waals surface area contributed by atoms with Gasteiger partial charge in [-0.3, -0.25) is 4.79 Å². The van der Waals surface area contributed by atoms with Crippen LogP contribution in [-0.4, -0.2) is 31.5 Å². The molecule has 1 unspecified atom stereocenters. The van der Waals surface area contributed by atoms with Gasteiger partial charge in [0.2, 0.25) is 5.78 Å². The van der Waals surface area contributed by atoms with Gasteiger partial charge in [0, 0.05) is 47.4 Å². The van der Waals surface area contributed by atoms with Crippen LogP contribution in [0, 0.1) is 0 Å². The highest BCUT2D eigenvalue weighted by atomic mass is 79.9. The van der Waals surface area contributed by atoms with E-state index in [-0.39, 0.29) is 5.78 Å². The third-order valence-corrected chi connectivity index (χ3v) is 5.94. The highest BCUT2D eigenvalue weighted by molar-refractivity contribution is 9.10. The average Bonchev–Trinajstić information content (AvgIpc) is 3.09. The maximum atomic E-state index is 13.7. The van der Waals surface area contributed by atoms with Crippen molar-refractivity contribution in [1.29, 1.82) is 0 Å². The Kier molecular flexibility index (Phi) is 4.90. The summed E-state index contributed by atoms with van der Waals surface area (Å²) in [5, 5.41) is 4.50. The molecule has 1 atom stereocenters. The molecule has 0 aliphatic carbocycles. The standard InChI is InChI=1S/C21H21BrN2O3/c1-26-21(27-2,15-8-4-5-9-16(15)22)20(25)19-18-14(11-12-23-19)13-7-3-6-10-17(13)24-18/h3-10,19,23-24H,11-12H2,1-2H3. The van der Waals surface area contributed by atoms with E-state index in [1.165, 1.54) is 19.8 Å². The number of carbonyl (C=O) groups is 1. The number of carbonyl (C=O) groups excluding carboxylic acids is 1. The summed E-state index contributed by atoms with van der Waals surface area (Å²) in [7, 11) is 2.99. The van der Waals surface area contributed by atoms with Gasteiger partial charge in [0.05, 0.1) is 0 Å². The maximum Gasteiger partial charge on any atom is 0.259 e. The van der Waals surface area contributed by atoms with Crippen LogP contribution in [0.2, 0.25) is 0 Å². The van der Waals surface area contributed by atoms with Gasteiger partial charge in [-0.1, -0.05) is 52.3 Å². The van der Waals surface area contributed by atoms with Gasteiger partial charge < -0.3 is 19.8 Å². The molecule has 27 heavy (non-hydrogen) atoms. The number of halogens is 1. The number of nitrogens with one attached hydrogen (secondary N) is 2. The van der Waals surface area contributed by atoms with Crippen LogP contribution in [0.25, 0.3) is 10.9 Å². The summed E-state index contributed by atoms with van der Waals surface area (Å²) in [5.41, 5.74) is 3.74. The van der Waals surface area contributed by atoms with Gasteiger partial charge in [-0.15, -0.1) is 0 Å². The fourth-order valence-electron chi connectivity index (χ4n) is 3.96. The predicted octanol–water partition coefficient (Wildman–Crippen LogP) is 3.83. The number of para-hydroxylation sites is 1. The Balaban J connectivity index is 1.84. The van der Waals surface area contributed by atoms with Crippen molar-refractivity contribution in [2.75, 3.05) is 20.8 Å². The number of hydrogen-bond donors (Lipinski definition) is 2. The molecule has 1 aromatic heterocycles. The second-order valence-corrected chi connectivity index (χ2v) is 7.42. The highest BCUT2D eigenvalue weighted by Gasteiger charge is 2.47. The third kappa shape index (κ3) is 2.84. The molecule has 1 aliphatic heterocycles. The molecular weight excluding hydrogens is 408 g/mol. The van der Waals surface area contributed by atoms with Crippen LogP contribution >= 0.6 is 15.9 Å². The smallest absolute Gasteiger partial charge is 0.259 e.